The van der Waals surface area contributed by atoms with Crippen LogP contribution in [0.3, 0.4) is 0 Å². The quantitative estimate of drug-likeness (QED) is 0.583. The number of halogens is 1. The summed E-state index contributed by atoms with van der Waals surface area (Å²) in [6.07, 6.45) is 2.41. The van der Waals surface area contributed by atoms with Crippen molar-refractivity contribution in [3.8, 4) is 17.2 Å². The molecule has 1 aliphatic heterocycles. The summed E-state index contributed by atoms with van der Waals surface area (Å²) in [5.41, 5.74) is 1.68. The molecule has 30 heavy (non-hydrogen) atoms. The van der Waals surface area contributed by atoms with Crippen LogP contribution < -0.4 is 14.2 Å². The lowest BCUT2D eigenvalue weighted by molar-refractivity contribution is -0.145. The third-order valence-electron chi connectivity index (χ3n) is 5.47. The highest BCUT2D eigenvalue weighted by Gasteiger charge is 2.39. The number of hydrogen-bond acceptors (Lipinski definition) is 5. The van der Waals surface area contributed by atoms with Crippen LogP contribution in [0.1, 0.15) is 43.4 Å². The van der Waals surface area contributed by atoms with Crippen LogP contribution in [0.25, 0.3) is 0 Å². The standard InChI is InChI=1S/C23H28BrNO5/c1-4-30-18-12-11-15(24)14-16(18)22(25-13-6-5-8-17(25)23(26)27)21-19(28-2)9-7-10-20(21)29-3/h7,9-12,14,17,22H,4-6,8,13H2,1-3H3,(H,26,27). The first-order chi connectivity index (χ1) is 14.5. The Morgan fingerprint density at radius 2 is 1.87 bits per heavy atom. The summed E-state index contributed by atoms with van der Waals surface area (Å²) in [5.74, 6) is 1.20. The second-order valence-corrected chi connectivity index (χ2v) is 8.10. The third kappa shape index (κ3) is 4.57. The van der Waals surface area contributed by atoms with E-state index < -0.39 is 18.1 Å². The van der Waals surface area contributed by atoms with Gasteiger partial charge in [0.15, 0.2) is 0 Å². The van der Waals surface area contributed by atoms with Gasteiger partial charge in [0, 0.05) is 10.0 Å². The molecule has 0 radical (unpaired) electrons. The Balaban J connectivity index is 2.29. The summed E-state index contributed by atoms with van der Waals surface area (Å²) in [6.45, 7) is 3.10. The van der Waals surface area contributed by atoms with E-state index in [-0.39, 0.29) is 0 Å². The van der Waals surface area contributed by atoms with Crippen molar-refractivity contribution >= 4 is 21.9 Å². The van der Waals surface area contributed by atoms with E-state index in [1.807, 2.05) is 48.2 Å². The maximum Gasteiger partial charge on any atom is 0.320 e. The maximum absolute atomic E-state index is 12.2. The second kappa shape index (κ2) is 10.2. The number of methoxy groups -OCH3 is 2. The van der Waals surface area contributed by atoms with E-state index in [4.69, 9.17) is 14.2 Å². The number of likely N-dealkylation sites (tertiary alicyclic amines) is 1. The molecule has 0 aromatic heterocycles. The van der Waals surface area contributed by atoms with E-state index in [2.05, 4.69) is 15.9 Å². The summed E-state index contributed by atoms with van der Waals surface area (Å²) in [4.78, 5) is 14.2. The lowest BCUT2D eigenvalue weighted by Crippen LogP contribution is -2.47. The van der Waals surface area contributed by atoms with E-state index in [1.54, 1.807) is 14.2 Å². The van der Waals surface area contributed by atoms with Crippen LogP contribution >= 0.6 is 15.9 Å². The molecule has 0 amide bonds. The molecule has 6 nitrogen and oxygen atoms in total. The van der Waals surface area contributed by atoms with Gasteiger partial charge in [-0.25, -0.2) is 0 Å². The molecular weight excluding hydrogens is 450 g/mol. The van der Waals surface area contributed by atoms with Crippen LogP contribution in [0.15, 0.2) is 40.9 Å². The molecule has 2 atom stereocenters. The molecule has 0 spiro atoms. The molecule has 0 aliphatic carbocycles. The topological polar surface area (TPSA) is 68.2 Å². The minimum absolute atomic E-state index is 0.406. The summed E-state index contributed by atoms with van der Waals surface area (Å²) < 4.78 is 18.2. The smallest absolute Gasteiger partial charge is 0.320 e. The Kier molecular flexibility index (Phi) is 7.61. The van der Waals surface area contributed by atoms with Crippen LogP contribution in [0.5, 0.6) is 17.2 Å². The molecule has 1 heterocycles. The number of carboxylic acids is 1. The molecule has 162 valence electrons. The molecule has 3 rings (SSSR count). The lowest BCUT2D eigenvalue weighted by atomic mass is 9.90. The van der Waals surface area contributed by atoms with E-state index in [0.717, 1.165) is 28.4 Å². The van der Waals surface area contributed by atoms with Crippen molar-refractivity contribution in [2.75, 3.05) is 27.4 Å². The molecule has 1 fully saturated rings. The number of benzene rings is 2. The van der Waals surface area contributed by atoms with Crippen molar-refractivity contribution in [3.63, 3.8) is 0 Å². The van der Waals surface area contributed by atoms with E-state index >= 15 is 0 Å². The zero-order chi connectivity index (χ0) is 21.7. The summed E-state index contributed by atoms with van der Waals surface area (Å²) in [6, 6.07) is 10.4. The number of carbonyl (C=O) groups is 1. The van der Waals surface area contributed by atoms with Crippen LogP contribution in [0.4, 0.5) is 0 Å². The van der Waals surface area contributed by atoms with E-state index in [9.17, 15) is 9.90 Å². The predicted molar refractivity (Wildman–Crippen MR) is 119 cm³/mol. The normalized spacial score (nSPS) is 17.9. The van der Waals surface area contributed by atoms with Gasteiger partial charge in [0.2, 0.25) is 0 Å². The Hall–Kier alpha value is -2.25. The highest BCUT2D eigenvalue weighted by atomic mass is 79.9. The summed E-state index contributed by atoms with van der Waals surface area (Å²) in [7, 11) is 3.23. The summed E-state index contributed by atoms with van der Waals surface area (Å²) in [5, 5.41) is 9.99. The molecule has 2 aromatic carbocycles. The molecule has 1 saturated heterocycles. The molecule has 0 bridgehead atoms. The highest BCUT2D eigenvalue weighted by Crippen LogP contribution is 2.46. The van der Waals surface area contributed by atoms with Gasteiger partial charge >= 0.3 is 5.97 Å². The Bertz CT molecular complexity index is 866. The largest absolute Gasteiger partial charge is 0.496 e. The molecule has 0 saturated carbocycles. The predicted octanol–water partition coefficient (Wildman–Crippen LogP) is 4.89. The molecule has 2 unspecified atom stereocenters. The SMILES string of the molecule is CCOc1ccc(Br)cc1C(c1c(OC)cccc1OC)N1CCCCC1C(=O)O. The second-order valence-electron chi connectivity index (χ2n) is 7.18. The van der Waals surface area contributed by atoms with Crippen LogP contribution in [-0.2, 0) is 4.79 Å². The molecule has 1 aliphatic rings. The van der Waals surface area contributed by atoms with Crippen LogP contribution in [0, 0.1) is 0 Å². The van der Waals surface area contributed by atoms with Gasteiger partial charge in [0.1, 0.15) is 23.3 Å². The van der Waals surface area contributed by atoms with Crippen molar-refractivity contribution in [3.05, 3.63) is 52.0 Å². The Morgan fingerprint density at radius 3 is 2.47 bits per heavy atom. The van der Waals surface area contributed by atoms with E-state index in [0.29, 0.717) is 36.8 Å². The first-order valence-electron chi connectivity index (χ1n) is 10.1. The van der Waals surface area contributed by atoms with Crippen molar-refractivity contribution in [2.24, 2.45) is 0 Å². The maximum atomic E-state index is 12.2. The van der Waals surface area contributed by atoms with Crippen molar-refractivity contribution in [1.29, 1.82) is 0 Å². The van der Waals surface area contributed by atoms with Gasteiger partial charge in [-0.15, -0.1) is 0 Å². The fraction of sp³-hybridized carbons (Fsp3) is 0.435. The van der Waals surface area contributed by atoms with Crippen LogP contribution in [0.2, 0.25) is 0 Å². The van der Waals surface area contributed by atoms with Gasteiger partial charge in [0.05, 0.1) is 32.4 Å². The average molecular weight is 478 g/mol. The monoisotopic (exact) mass is 477 g/mol. The first kappa shape index (κ1) is 22.4. The van der Waals surface area contributed by atoms with Crippen molar-refractivity contribution < 1.29 is 24.1 Å². The third-order valence-corrected chi connectivity index (χ3v) is 5.96. The van der Waals surface area contributed by atoms with Crippen LogP contribution in [-0.4, -0.2) is 49.4 Å². The Morgan fingerprint density at radius 1 is 1.17 bits per heavy atom. The zero-order valence-electron chi connectivity index (χ0n) is 17.6. The number of nitrogens with zero attached hydrogens (tertiary/aromatic N) is 1. The number of aliphatic carboxylic acids is 1. The number of carboxylic acid groups (broad SMARTS) is 1. The van der Waals surface area contributed by atoms with E-state index in [1.165, 1.54) is 0 Å². The van der Waals surface area contributed by atoms with Gasteiger partial charge in [-0.2, -0.15) is 0 Å². The number of rotatable bonds is 8. The lowest BCUT2D eigenvalue weighted by Gasteiger charge is -2.40. The first-order valence-corrected chi connectivity index (χ1v) is 10.9. The van der Waals surface area contributed by atoms with Gasteiger partial charge in [-0.05, 0) is 56.6 Å². The fourth-order valence-electron chi connectivity index (χ4n) is 4.20. The van der Waals surface area contributed by atoms with Crippen molar-refractivity contribution in [2.45, 2.75) is 38.3 Å². The van der Waals surface area contributed by atoms with Gasteiger partial charge < -0.3 is 19.3 Å². The summed E-state index contributed by atoms with van der Waals surface area (Å²) >= 11 is 3.57. The molecule has 1 N–H and O–H groups in total. The number of hydrogen-bond donors (Lipinski definition) is 1. The fourth-order valence-corrected chi connectivity index (χ4v) is 4.58. The van der Waals surface area contributed by atoms with Gasteiger partial charge in [-0.1, -0.05) is 28.4 Å². The zero-order valence-corrected chi connectivity index (χ0v) is 19.1. The number of piperidine rings is 1. The minimum Gasteiger partial charge on any atom is -0.496 e. The average Bonchev–Trinajstić information content (AvgIpc) is 2.76. The Labute approximate surface area is 185 Å². The van der Waals surface area contributed by atoms with Gasteiger partial charge in [-0.3, -0.25) is 9.69 Å². The molecular formula is C23H28BrNO5. The molecule has 2 aromatic rings. The van der Waals surface area contributed by atoms with Gasteiger partial charge in [0.25, 0.3) is 0 Å². The minimum atomic E-state index is -0.818. The van der Waals surface area contributed by atoms with Crippen molar-refractivity contribution in [1.82, 2.24) is 4.90 Å². The highest BCUT2D eigenvalue weighted by molar-refractivity contribution is 9.10. The molecule has 7 heteroatoms. The number of ether oxygens (including phenoxy) is 3.